The molecule has 0 rings (SSSR count). The Kier molecular flexibility index (Phi) is 11.4. The van der Waals surface area contributed by atoms with E-state index in [1.54, 1.807) is 0 Å². The summed E-state index contributed by atoms with van der Waals surface area (Å²) in [5, 5.41) is 0. The molecule has 0 atom stereocenters. The molecule has 0 aromatic rings. The molecule has 0 amide bonds. The minimum atomic E-state index is -3.52. The summed E-state index contributed by atoms with van der Waals surface area (Å²) < 4.78 is 31.7. The minimum Gasteiger partial charge on any atom is -0.435 e. The van der Waals surface area contributed by atoms with Crippen molar-refractivity contribution in [1.29, 1.82) is 0 Å². The van der Waals surface area contributed by atoms with Gasteiger partial charge in [-0.25, -0.2) is 9.59 Å². The molecule has 22 heavy (non-hydrogen) atoms. The maximum Gasteiger partial charge on any atom is 0.336 e. The number of esters is 2. The summed E-state index contributed by atoms with van der Waals surface area (Å²) in [5.74, 6) is -1.40. The van der Waals surface area contributed by atoms with Gasteiger partial charge in [0.15, 0.2) is 0 Å². The first-order valence-electron chi connectivity index (χ1n) is 6.94. The van der Waals surface area contributed by atoms with Crippen LogP contribution in [0.5, 0.6) is 0 Å². The smallest absolute Gasteiger partial charge is 0.336 e. The van der Waals surface area contributed by atoms with Crippen molar-refractivity contribution in [3.8, 4) is 0 Å². The van der Waals surface area contributed by atoms with Gasteiger partial charge in [0.25, 0.3) is 0 Å². The Morgan fingerprint density at radius 1 is 0.955 bits per heavy atom. The summed E-state index contributed by atoms with van der Waals surface area (Å²) in [5.41, 5.74) is 0. The van der Waals surface area contributed by atoms with E-state index < -0.39 is 33.1 Å². The summed E-state index contributed by atoms with van der Waals surface area (Å²) in [4.78, 5) is 21.8. The second-order valence-electron chi connectivity index (χ2n) is 4.22. The Bertz CT molecular complexity index is 389. The number of carbonyl (C=O) groups is 2. The Morgan fingerprint density at radius 3 is 1.86 bits per heavy atom. The van der Waals surface area contributed by atoms with Gasteiger partial charge >= 0.3 is 19.5 Å². The highest BCUT2D eigenvalue weighted by molar-refractivity contribution is 7.53. The largest absolute Gasteiger partial charge is 0.435 e. The number of rotatable bonds is 13. The molecule has 0 radical (unpaired) electrons. The summed E-state index contributed by atoms with van der Waals surface area (Å²) >= 11 is 0. The molecule has 0 heterocycles. The van der Waals surface area contributed by atoms with Crippen LogP contribution >= 0.6 is 7.60 Å². The fourth-order valence-corrected chi connectivity index (χ4v) is 2.72. The maximum atomic E-state index is 12.4. The zero-order valence-corrected chi connectivity index (χ0v) is 13.7. The van der Waals surface area contributed by atoms with Crippen molar-refractivity contribution in [2.75, 3.05) is 19.7 Å². The normalized spacial score (nSPS) is 10.8. The van der Waals surface area contributed by atoms with Crippen LogP contribution in [0.1, 0.15) is 32.6 Å². The van der Waals surface area contributed by atoms with Crippen LogP contribution in [-0.4, -0.2) is 31.7 Å². The van der Waals surface area contributed by atoms with Crippen molar-refractivity contribution >= 4 is 19.5 Å². The zero-order chi connectivity index (χ0) is 16.8. The van der Waals surface area contributed by atoms with Crippen molar-refractivity contribution in [2.45, 2.75) is 32.6 Å². The van der Waals surface area contributed by atoms with Gasteiger partial charge in [-0.15, -0.1) is 0 Å². The zero-order valence-electron chi connectivity index (χ0n) is 12.8. The standard InChI is InChI=1S/C14H23O7P/c1-4-7-8-9-10-22(17,20-11-18-13(15)5-2)21-12-19-14(16)6-3/h5-6H,2-4,7-12H2,1H3. The Labute approximate surface area is 130 Å². The predicted molar refractivity (Wildman–Crippen MR) is 81.1 cm³/mol. The molecule has 7 nitrogen and oxygen atoms in total. The van der Waals surface area contributed by atoms with E-state index in [4.69, 9.17) is 9.05 Å². The van der Waals surface area contributed by atoms with Crippen LogP contribution < -0.4 is 0 Å². The predicted octanol–water partition coefficient (Wildman–Crippen LogP) is 3.17. The quantitative estimate of drug-likeness (QED) is 0.168. The summed E-state index contributed by atoms with van der Waals surface area (Å²) in [6.07, 6.45) is 5.58. The molecule has 0 aromatic heterocycles. The van der Waals surface area contributed by atoms with Gasteiger partial charge < -0.3 is 9.47 Å². The van der Waals surface area contributed by atoms with E-state index in [0.29, 0.717) is 6.42 Å². The van der Waals surface area contributed by atoms with Crippen molar-refractivity contribution in [3.05, 3.63) is 25.3 Å². The lowest BCUT2D eigenvalue weighted by Crippen LogP contribution is -2.10. The van der Waals surface area contributed by atoms with E-state index in [-0.39, 0.29) is 6.16 Å². The van der Waals surface area contributed by atoms with Crippen LogP contribution in [0.2, 0.25) is 0 Å². The molecule has 126 valence electrons. The van der Waals surface area contributed by atoms with Gasteiger partial charge in [-0.05, 0) is 6.42 Å². The van der Waals surface area contributed by atoms with E-state index in [1.807, 2.05) is 0 Å². The fourth-order valence-electron chi connectivity index (χ4n) is 1.35. The van der Waals surface area contributed by atoms with Crippen molar-refractivity contribution in [1.82, 2.24) is 0 Å². The first-order valence-corrected chi connectivity index (χ1v) is 8.66. The molecule has 0 aliphatic carbocycles. The molecule has 0 bridgehead atoms. The van der Waals surface area contributed by atoms with Crippen LogP contribution in [0.15, 0.2) is 25.3 Å². The molecule has 0 saturated heterocycles. The van der Waals surface area contributed by atoms with Gasteiger partial charge in [-0.3, -0.25) is 13.6 Å². The first kappa shape index (κ1) is 20.6. The summed E-state index contributed by atoms with van der Waals surface area (Å²) in [6, 6.07) is 0. The van der Waals surface area contributed by atoms with Crippen LogP contribution in [0.25, 0.3) is 0 Å². The second kappa shape index (κ2) is 12.1. The molecule has 0 spiro atoms. The molecule has 0 aromatic carbocycles. The topological polar surface area (TPSA) is 88.1 Å². The van der Waals surface area contributed by atoms with Gasteiger partial charge in [-0.2, -0.15) is 0 Å². The van der Waals surface area contributed by atoms with Gasteiger partial charge in [0.05, 0.1) is 6.16 Å². The summed E-state index contributed by atoms with van der Waals surface area (Å²) in [6.45, 7) is 7.46. The molecule has 0 aliphatic heterocycles. The highest BCUT2D eigenvalue weighted by atomic mass is 31.2. The van der Waals surface area contributed by atoms with Crippen LogP contribution in [-0.2, 0) is 32.7 Å². The molecule has 8 heteroatoms. The Morgan fingerprint density at radius 2 is 1.45 bits per heavy atom. The highest BCUT2D eigenvalue weighted by Gasteiger charge is 2.25. The van der Waals surface area contributed by atoms with Gasteiger partial charge in [-0.1, -0.05) is 39.3 Å². The fraction of sp³-hybridized carbons (Fsp3) is 0.571. The van der Waals surface area contributed by atoms with Gasteiger partial charge in [0.1, 0.15) is 0 Å². The third-order valence-electron chi connectivity index (χ3n) is 2.52. The van der Waals surface area contributed by atoms with E-state index in [1.165, 1.54) is 0 Å². The Balaban J connectivity index is 4.35. The summed E-state index contributed by atoms with van der Waals surface area (Å²) in [7, 11) is -3.52. The number of hydrogen-bond donors (Lipinski definition) is 0. The van der Waals surface area contributed by atoms with E-state index >= 15 is 0 Å². The van der Waals surface area contributed by atoms with E-state index in [0.717, 1.165) is 31.4 Å². The van der Waals surface area contributed by atoms with E-state index in [9.17, 15) is 14.2 Å². The minimum absolute atomic E-state index is 0.143. The van der Waals surface area contributed by atoms with Crippen LogP contribution in [0, 0.1) is 0 Å². The molecular formula is C14H23O7P. The van der Waals surface area contributed by atoms with Crippen LogP contribution in [0.4, 0.5) is 0 Å². The molecular weight excluding hydrogens is 311 g/mol. The lowest BCUT2D eigenvalue weighted by molar-refractivity contribution is -0.146. The first-order chi connectivity index (χ1) is 10.5. The number of carbonyl (C=O) groups excluding carboxylic acids is 2. The highest BCUT2D eigenvalue weighted by Crippen LogP contribution is 2.49. The molecule has 0 saturated carbocycles. The lowest BCUT2D eigenvalue weighted by atomic mass is 10.2. The monoisotopic (exact) mass is 334 g/mol. The number of hydrogen-bond acceptors (Lipinski definition) is 7. The third-order valence-corrected chi connectivity index (χ3v) is 4.38. The average Bonchev–Trinajstić information content (AvgIpc) is 2.51. The van der Waals surface area contributed by atoms with Crippen LogP contribution in [0.3, 0.4) is 0 Å². The van der Waals surface area contributed by atoms with Gasteiger partial charge in [0, 0.05) is 12.2 Å². The second-order valence-corrected chi connectivity index (χ2v) is 6.41. The van der Waals surface area contributed by atoms with Crippen molar-refractivity contribution in [3.63, 3.8) is 0 Å². The lowest BCUT2D eigenvalue weighted by Gasteiger charge is -2.18. The average molecular weight is 334 g/mol. The van der Waals surface area contributed by atoms with Gasteiger partial charge in [0.2, 0.25) is 13.6 Å². The van der Waals surface area contributed by atoms with Crippen molar-refractivity contribution < 1.29 is 32.7 Å². The third kappa shape index (κ3) is 10.3. The van der Waals surface area contributed by atoms with Crippen molar-refractivity contribution in [2.24, 2.45) is 0 Å². The van der Waals surface area contributed by atoms with E-state index in [2.05, 4.69) is 29.6 Å². The SMILES string of the molecule is C=CC(=O)OCOP(=O)(CCCCCC)OCOC(=O)C=C. The molecule has 0 unspecified atom stereocenters. The maximum absolute atomic E-state index is 12.4. The molecule has 0 aliphatic rings. The molecule has 0 N–H and O–H groups in total. The number of ether oxygens (including phenoxy) is 2. The molecule has 0 fully saturated rings. The number of unbranched alkanes of at least 4 members (excludes halogenated alkanes) is 3. The Hall–Kier alpha value is -1.43.